The minimum absolute atomic E-state index is 0.0470. The monoisotopic (exact) mass is 303 g/mol. The number of rotatable bonds is 5. The molecule has 2 unspecified atom stereocenters. The van der Waals surface area contributed by atoms with Gasteiger partial charge in [0.2, 0.25) is 0 Å². The number of aryl methyl sites for hydroxylation is 2. The van der Waals surface area contributed by atoms with Gasteiger partial charge in [0.05, 0.1) is 6.54 Å². The number of hydrogen-bond acceptors (Lipinski definition) is 3. The Labute approximate surface area is 134 Å². The third-order valence-corrected chi connectivity index (χ3v) is 4.93. The molecule has 122 valence electrons. The van der Waals surface area contributed by atoms with Crippen LogP contribution in [0.15, 0.2) is 18.2 Å². The largest absolute Gasteiger partial charge is 0.461 e. The molecule has 1 saturated carbocycles. The summed E-state index contributed by atoms with van der Waals surface area (Å²) < 4.78 is 5.59. The number of benzene rings is 1. The van der Waals surface area contributed by atoms with Gasteiger partial charge in [-0.05, 0) is 50.7 Å². The first kappa shape index (κ1) is 17.0. The molecule has 1 aromatic rings. The van der Waals surface area contributed by atoms with Crippen molar-refractivity contribution >= 4 is 5.97 Å². The van der Waals surface area contributed by atoms with Gasteiger partial charge >= 0.3 is 5.97 Å². The van der Waals surface area contributed by atoms with Gasteiger partial charge in [0.1, 0.15) is 6.10 Å². The maximum Gasteiger partial charge on any atom is 0.319 e. The first-order chi connectivity index (χ1) is 10.5. The number of hydrogen-bond donors (Lipinski definition) is 1. The Morgan fingerprint density at radius 1 is 1.27 bits per heavy atom. The second kappa shape index (κ2) is 7.77. The van der Waals surface area contributed by atoms with Crippen molar-refractivity contribution in [3.05, 3.63) is 34.9 Å². The molecule has 3 heteroatoms. The molecule has 2 atom stereocenters. The maximum atomic E-state index is 11.6. The minimum atomic E-state index is -0.307. The second-order valence-electron chi connectivity index (χ2n) is 6.68. The Kier molecular flexibility index (Phi) is 6.01. The van der Waals surface area contributed by atoms with Crippen LogP contribution in [0.3, 0.4) is 0 Å². The molecular weight excluding hydrogens is 274 g/mol. The predicted octanol–water partition coefficient (Wildman–Crippen LogP) is 3.86. The summed E-state index contributed by atoms with van der Waals surface area (Å²) in [6.45, 7) is 6.25. The van der Waals surface area contributed by atoms with Crippen LogP contribution < -0.4 is 5.73 Å². The highest BCUT2D eigenvalue weighted by Crippen LogP contribution is 2.40. The Morgan fingerprint density at radius 2 is 1.95 bits per heavy atom. The Bertz CT molecular complexity index is 506. The second-order valence-corrected chi connectivity index (χ2v) is 6.68. The van der Waals surface area contributed by atoms with Gasteiger partial charge in [-0.3, -0.25) is 4.79 Å². The van der Waals surface area contributed by atoms with Crippen LogP contribution in [-0.2, 0) is 9.53 Å². The van der Waals surface area contributed by atoms with E-state index in [0.29, 0.717) is 5.92 Å². The molecule has 3 nitrogen and oxygen atoms in total. The lowest BCUT2D eigenvalue weighted by atomic mass is 9.73. The van der Waals surface area contributed by atoms with Crippen LogP contribution in [0.4, 0.5) is 0 Å². The van der Waals surface area contributed by atoms with Crippen molar-refractivity contribution in [1.29, 1.82) is 0 Å². The quantitative estimate of drug-likeness (QED) is 0.840. The SMILES string of the molecule is Cc1ccc(C(C2CCCCC2)C(C)OC(=O)CN)c(C)c1. The van der Waals surface area contributed by atoms with Crippen molar-refractivity contribution in [1.82, 2.24) is 0 Å². The molecule has 1 aliphatic rings. The number of carbonyl (C=O) groups excluding carboxylic acids is 1. The molecule has 0 saturated heterocycles. The molecule has 0 aromatic heterocycles. The van der Waals surface area contributed by atoms with Gasteiger partial charge in [0.15, 0.2) is 0 Å². The Hall–Kier alpha value is -1.35. The average molecular weight is 303 g/mol. The normalized spacial score (nSPS) is 18.7. The number of ether oxygens (including phenoxy) is 1. The topological polar surface area (TPSA) is 52.3 Å². The fourth-order valence-corrected chi connectivity index (χ4v) is 3.91. The van der Waals surface area contributed by atoms with Crippen molar-refractivity contribution < 1.29 is 9.53 Å². The highest BCUT2D eigenvalue weighted by atomic mass is 16.5. The lowest BCUT2D eigenvalue weighted by Crippen LogP contribution is -2.32. The molecule has 1 fully saturated rings. The van der Waals surface area contributed by atoms with Gasteiger partial charge in [-0.2, -0.15) is 0 Å². The van der Waals surface area contributed by atoms with Crippen LogP contribution >= 0.6 is 0 Å². The zero-order valence-electron chi connectivity index (χ0n) is 14.1. The molecule has 22 heavy (non-hydrogen) atoms. The molecule has 2 N–H and O–H groups in total. The van der Waals surface area contributed by atoms with Crippen LogP contribution in [0.2, 0.25) is 0 Å². The van der Waals surface area contributed by atoms with Crippen LogP contribution in [0.25, 0.3) is 0 Å². The van der Waals surface area contributed by atoms with Gasteiger partial charge < -0.3 is 10.5 Å². The number of esters is 1. The zero-order chi connectivity index (χ0) is 16.1. The van der Waals surface area contributed by atoms with Gasteiger partial charge in [0.25, 0.3) is 0 Å². The summed E-state index contributed by atoms with van der Waals surface area (Å²) in [6.07, 6.45) is 6.21. The van der Waals surface area contributed by atoms with E-state index >= 15 is 0 Å². The molecule has 1 aromatic carbocycles. The lowest BCUT2D eigenvalue weighted by molar-refractivity contribution is -0.148. The molecule has 0 aliphatic heterocycles. The van der Waals surface area contributed by atoms with E-state index in [1.165, 1.54) is 48.8 Å². The highest BCUT2D eigenvalue weighted by Gasteiger charge is 2.32. The van der Waals surface area contributed by atoms with E-state index in [1.807, 2.05) is 6.92 Å². The van der Waals surface area contributed by atoms with Gasteiger partial charge in [-0.25, -0.2) is 0 Å². The molecule has 1 aliphatic carbocycles. The van der Waals surface area contributed by atoms with Gasteiger partial charge in [-0.1, -0.05) is 43.0 Å². The summed E-state index contributed by atoms with van der Waals surface area (Å²) in [6, 6.07) is 6.61. The fourth-order valence-electron chi connectivity index (χ4n) is 3.91. The third-order valence-electron chi connectivity index (χ3n) is 4.93. The summed E-state index contributed by atoms with van der Waals surface area (Å²) in [5.74, 6) is 0.560. The molecule has 0 amide bonds. The molecule has 0 spiro atoms. The smallest absolute Gasteiger partial charge is 0.319 e. The maximum absolute atomic E-state index is 11.6. The molecule has 2 rings (SSSR count). The van der Waals surface area contributed by atoms with Crippen molar-refractivity contribution in [3.63, 3.8) is 0 Å². The van der Waals surface area contributed by atoms with E-state index in [4.69, 9.17) is 10.5 Å². The van der Waals surface area contributed by atoms with Crippen LogP contribution in [0.1, 0.15) is 61.6 Å². The predicted molar refractivity (Wildman–Crippen MR) is 89.8 cm³/mol. The fraction of sp³-hybridized carbons (Fsp3) is 0.632. The number of nitrogens with two attached hydrogens (primary N) is 1. The van der Waals surface area contributed by atoms with Gasteiger partial charge in [-0.15, -0.1) is 0 Å². The van der Waals surface area contributed by atoms with E-state index in [0.717, 1.165) is 0 Å². The van der Waals surface area contributed by atoms with Gasteiger partial charge in [0, 0.05) is 5.92 Å². The molecular formula is C19H29NO2. The van der Waals surface area contributed by atoms with E-state index in [-0.39, 0.29) is 24.5 Å². The first-order valence-electron chi connectivity index (χ1n) is 8.49. The number of carbonyl (C=O) groups is 1. The van der Waals surface area contributed by atoms with E-state index in [1.54, 1.807) is 0 Å². The zero-order valence-corrected chi connectivity index (χ0v) is 14.1. The van der Waals surface area contributed by atoms with Crippen molar-refractivity contribution in [2.75, 3.05) is 6.54 Å². The third kappa shape index (κ3) is 4.10. The van der Waals surface area contributed by atoms with E-state index in [9.17, 15) is 4.79 Å². The van der Waals surface area contributed by atoms with Crippen molar-refractivity contribution in [2.24, 2.45) is 11.7 Å². The van der Waals surface area contributed by atoms with Crippen molar-refractivity contribution in [3.8, 4) is 0 Å². The Morgan fingerprint density at radius 3 is 2.55 bits per heavy atom. The summed E-state index contributed by atoms with van der Waals surface area (Å²) in [5.41, 5.74) is 9.31. The molecule has 0 heterocycles. The summed E-state index contributed by atoms with van der Waals surface area (Å²) in [5, 5.41) is 0. The lowest BCUT2D eigenvalue weighted by Gasteiger charge is -2.35. The molecule has 0 radical (unpaired) electrons. The minimum Gasteiger partial charge on any atom is -0.461 e. The Balaban J connectivity index is 2.29. The summed E-state index contributed by atoms with van der Waals surface area (Å²) >= 11 is 0. The van der Waals surface area contributed by atoms with Crippen LogP contribution in [-0.4, -0.2) is 18.6 Å². The average Bonchev–Trinajstić information content (AvgIpc) is 2.50. The van der Waals surface area contributed by atoms with Crippen LogP contribution in [0, 0.1) is 19.8 Å². The van der Waals surface area contributed by atoms with E-state index in [2.05, 4.69) is 32.0 Å². The first-order valence-corrected chi connectivity index (χ1v) is 8.49. The van der Waals surface area contributed by atoms with E-state index < -0.39 is 0 Å². The highest BCUT2D eigenvalue weighted by molar-refractivity contribution is 5.71. The summed E-state index contributed by atoms with van der Waals surface area (Å²) in [4.78, 5) is 11.6. The standard InChI is InChI=1S/C19H29NO2/c1-13-9-10-17(14(2)11-13)19(15(3)22-18(21)12-20)16-7-5-4-6-8-16/h9-11,15-16,19H,4-8,12,20H2,1-3H3. The van der Waals surface area contributed by atoms with Crippen LogP contribution in [0.5, 0.6) is 0 Å². The van der Waals surface area contributed by atoms with Crippen molar-refractivity contribution in [2.45, 2.75) is 64.9 Å². The summed E-state index contributed by atoms with van der Waals surface area (Å²) in [7, 11) is 0. The molecule has 0 bridgehead atoms.